The van der Waals surface area contributed by atoms with Crippen molar-refractivity contribution in [3.63, 3.8) is 0 Å². The van der Waals surface area contributed by atoms with Gasteiger partial charge in [0.2, 0.25) is 10.0 Å². The average Bonchev–Trinajstić information content (AvgIpc) is 3.07. The first kappa shape index (κ1) is 21.1. The summed E-state index contributed by atoms with van der Waals surface area (Å²) in [5.41, 5.74) is 5.70. The van der Waals surface area contributed by atoms with Crippen molar-refractivity contribution >= 4 is 43.1 Å². The molecule has 0 radical (unpaired) electrons. The van der Waals surface area contributed by atoms with Gasteiger partial charge in [0, 0.05) is 38.4 Å². The second-order valence-electron chi connectivity index (χ2n) is 5.92. The Kier molecular flexibility index (Phi) is 6.42. The molecule has 0 atom stereocenters. The lowest BCUT2D eigenvalue weighted by molar-refractivity contribution is -0.387. The molecule has 0 aliphatic carbocycles. The normalized spacial score (nSPS) is 11.8. The molecule has 1 aromatic carbocycles. The van der Waals surface area contributed by atoms with E-state index in [1.165, 1.54) is 18.2 Å². The van der Waals surface area contributed by atoms with Crippen LogP contribution in [-0.4, -0.2) is 58.4 Å². The molecule has 0 spiro atoms. The van der Waals surface area contributed by atoms with Gasteiger partial charge in [-0.15, -0.1) is 0 Å². The number of hydrogen-bond acceptors (Lipinski definition) is 8. The summed E-state index contributed by atoms with van der Waals surface area (Å²) in [5.74, 6) is 0.537. The van der Waals surface area contributed by atoms with Crippen molar-refractivity contribution in [2.45, 2.75) is 4.90 Å². The van der Waals surface area contributed by atoms with Crippen molar-refractivity contribution in [3.05, 3.63) is 57.3 Å². The molecule has 3 aromatic rings. The zero-order chi connectivity index (χ0) is 21.0. The third kappa shape index (κ3) is 4.53. The highest BCUT2D eigenvalue weighted by Crippen LogP contribution is 2.26. The maximum atomic E-state index is 13.0. The highest BCUT2D eigenvalue weighted by Gasteiger charge is 2.30. The van der Waals surface area contributed by atoms with Crippen LogP contribution in [-0.2, 0) is 10.0 Å². The number of para-hydroxylation sites is 1. The van der Waals surface area contributed by atoms with Gasteiger partial charge in [0.25, 0.3) is 5.69 Å². The quantitative estimate of drug-likeness (QED) is 0.343. The summed E-state index contributed by atoms with van der Waals surface area (Å²) in [6.45, 7) is 0.386. The molecule has 3 rings (SSSR count). The SMILES string of the molecule is NCCN(CCNc1ccn2ncc(Br)c2n1)S(=O)(=O)c1ccccc1[N+](=O)[O-]. The number of halogens is 1. The molecule has 0 saturated heterocycles. The number of nitro benzene ring substituents is 1. The van der Waals surface area contributed by atoms with E-state index in [1.54, 1.807) is 23.0 Å². The smallest absolute Gasteiger partial charge is 0.289 e. The van der Waals surface area contributed by atoms with E-state index in [2.05, 4.69) is 31.3 Å². The number of aromatic nitrogens is 3. The van der Waals surface area contributed by atoms with Crippen LogP contribution in [0.5, 0.6) is 0 Å². The Morgan fingerprint density at radius 3 is 2.76 bits per heavy atom. The largest absolute Gasteiger partial charge is 0.369 e. The zero-order valence-electron chi connectivity index (χ0n) is 15.1. The van der Waals surface area contributed by atoms with Crippen LogP contribution in [0.4, 0.5) is 11.5 Å². The predicted octanol–water partition coefficient (Wildman–Crippen LogP) is 1.46. The molecule has 0 aliphatic heterocycles. The lowest BCUT2D eigenvalue weighted by atomic mass is 10.3. The second kappa shape index (κ2) is 8.82. The molecule has 0 unspecified atom stereocenters. The molecule has 2 heterocycles. The highest BCUT2D eigenvalue weighted by molar-refractivity contribution is 9.10. The van der Waals surface area contributed by atoms with E-state index in [0.717, 1.165) is 14.8 Å². The van der Waals surface area contributed by atoms with Crippen LogP contribution >= 0.6 is 15.9 Å². The Hall–Kier alpha value is -2.61. The van der Waals surface area contributed by atoms with Gasteiger partial charge in [0.1, 0.15) is 5.82 Å². The lowest BCUT2D eigenvalue weighted by Gasteiger charge is -2.21. The molecule has 154 valence electrons. The number of benzene rings is 1. The molecule has 0 amide bonds. The summed E-state index contributed by atoms with van der Waals surface area (Å²) < 4.78 is 29.4. The molecule has 11 nitrogen and oxygen atoms in total. The molecule has 0 saturated carbocycles. The third-order valence-corrected chi connectivity index (χ3v) is 6.56. The van der Waals surface area contributed by atoms with E-state index in [-0.39, 0.29) is 31.1 Å². The lowest BCUT2D eigenvalue weighted by Crippen LogP contribution is -2.38. The van der Waals surface area contributed by atoms with Gasteiger partial charge in [-0.25, -0.2) is 17.9 Å². The Morgan fingerprint density at radius 1 is 1.28 bits per heavy atom. The molecule has 0 bridgehead atoms. The van der Waals surface area contributed by atoms with Crippen LogP contribution in [0.3, 0.4) is 0 Å². The molecule has 29 heavy (non-hydrogen) atoms. The van der Waals surface area contributed by atoms with E-state index in [0.29, 0.717) is 11.5 Å². The fourth-order valence-electron chi connectivity index (χ4n) is 2.71. The third-order valence-electron chi connectivity index (χ3n) is 4.05. The number of sulfonamides is 1. The van der Waals surface area contributed by atoms with Gasteiger partial charge in [-0.1, -0.05) is 12.1 Å². The number of nitrogens with zero attached hydrogens (tertiary/aromatic N) is 5. The highest BCUT2D eigenvalue weighted by atomic mass is 79.9. The fourth-order valence-corrected chi connectivity index (χ4v) is 4.68. The number of fused-ring (bicyclic) bond motifs is 1. The summed E-state index contributed by atoms with van der Waals surface area (Å²) in [6.07, 6.45) is 3.34. The standard InChI is InChI=1S/C16H18BrN7O4S/c17-12-11-20-23-8-5-15(21-16(12)23)19-7-10-22(9-6-18)29(27,28)14-4-2-1-3-13(14)24(25)26/h1-5,8,11H,6-7,9-10,18H2,(H,19,21). The van der Waals surface area contributed by atoms with E-state index in [1.807, 2.05) is 0 Å². The summed E-state index contributed by atoms with van der Waals surface area (Å²) >= 11 is 3.35. The monoisotopic (exact) mass is 483 g/mol. The van der Waals surface area contributed by atoms with Gasteiger partial charge >= 0.3 is 0 Å². The first-order chi connectivity index (χ1) is 13.8. The molecule has 3 N–H and O–H groups in total. The summed E-state index contributed by atoms with van der Waals surface area (Å²) in [6, 6.07) is 6.95. The van der Waals surface area contributed by atoms with E-state index >= 15 is 0 Å². The van der Waals surface area contributed by atoms with Crippen LogP contribution in [0.1, 0.15) is 0 Å². The van der Waals surface area contributed by atoms with Gasteiger partial charge in [0.05, 0.1) is 15.6 Å². The number of hydrogen-bond donors (Lipinski definition) is 2. The Bertz CT molecular complexity index is 1140. The summed E-state index contributed by atoms with van der Waals surface area (Å²) in [5, 5.41) is 18.4. The average molecular weight is 484 g/mol. The van der Waals surface area contributed by atoms with E-state index in [9.17, 15) is 18.5 Å². The van der Waals surface area contributed by atoms with Gasteiger partial charge < -0.3 is 11.1 Å². The molecule has 13 heteroatoms. The minimum Gasteiger partial charge on any atom is -0.369 e. The van der Waals surface area contributed by atoms with Crippen molar-refractivity contribution in [1.29, 1.82) is 0 Å². The molecule has 2 aromatic heterocycles. The first-order valence-electron chi connectivity index (χ1n) is 8.52. The van der Waals surface area contributed by atoms with Crippen molar-refractivity contribution < 1.29 is 13.3 Å². The van der Waals surface area contributed by atoms with Crippen LogP contribution < -0.4 is 11.1 Å². The summed E-state index contributed by atoms with van der Waals surface area (Å²) in [7, 11) is -4.10. The van der Waals surface area contributed by atoms with Crippen LogP contribution in [0, 0.1) is 10.1 Å². The van der Waals surface area contributed by atoms with Gasteiger partial charge in [-0.05, 0) is 28.1 Å². The minimum atomic E-state index is -4.10. The van der Waals surface area contributed by atoms with E-state index in [4.69, 9.17) is 5.73 Å². The Balaban J connectivity index is 1.77. The number of anilines is 1. The number of rotatable bonds is 9. The van der Waals surface area contributed by atoms with Gasteiger partial charge in [-0.2, -0.15) is 9.40 Å². The summed E-state index contributed by atoms with van der Waals surface area (Å²) in [4.78, 5) is 14.5. The van der Waals surface area contributed by atoms with Crippen molar-refractivity contribution in [2.24, 2.45) is 5.73 Å². The van der Waals surface area contributed by atoms with Crippen LogP contribution in [0.2, 0.25) is 0 Å². The topological polar surface area (TPSA) is 149 Å². The van der Waals surface area contributed by atoms with Gasteiger partial charge in [-0.3, -0.25) is 10.1 Å². The Morgan fingerprint density at radius 2 is 2.03 bits per heavy atom. The molecular formula is C16H18BrN7O4S. The second-order valence-corrected chi connectivity index (χ2v) is 8.68. The number of nitro groups is 1. The van der Waals surface area contributed by atoms with E-state index < -0.39 is 20.6 Å². The van der Waals surface area contributed by atoms with Crippen LogP contribution in [0.25, 0.3) is 5.65 Å². The number of nitrogens with one attached hydrogen (secondary N) is 1. The Labute approximate surface area is 174 Å². The maximum Gasteiger partial charge on any atom is 0.289 e. The minimum absolute atomic E-state index is 0.0245. The maximum absolute atomic E-state index is 13.0. The van der Waals surface area contributed by atoms with Crippen LogP contribution in [0.15, 0.2) is 52.1 Å². The van der Waals surface area contributed by atoms with Crippen molar-refractivity contribution in [3.8, 4) is 0 Å². The molecule has 0 fully saturated rings. The zero-order valence-corrected chi connectivity index (χ0v) is 17.5. The number of nitrogens with two attached hydrogens (primary N) is 1. The molecular weight excluding hydrogens is 466 g/mol. The predicted molar refractivity (Wildman–Crippen MR) is 110 cm³/mol. The first-order valence-corrected chi connectivity index (χ1v) is 10.8. The van der Waals surface area contributed by atoms with Crippen molar-refractivity contribution in [1.82, 2.24) is 18.9 Å². The fraction of sp³-hybridized carbons (Fsp3) is 0.250. The molecule has 0 aliphatic rings. The van der Waals surface area contributed by atoms with Crippen molar-refractivity contribution in [2.75, 3.05) is 31.5 Å². The van der Waals surface area contributed by atoms with Gasteiger partial charge in [0.15, 0.2) is 10.5 Å².